The highest BCUT2D eigenvalue weighted by atomic mass is 14.7. The minimum absolute atomic E-state index is 0.664. The maximum atomic E-state index is 8.68. The summed E-state index contributed by atoms with van der Waals surface area (Å²) in [6, 6.07) is 17.5. The lowest BCUT2D eigenvalue weighted by atomic mass is 10.2. The Kier molecular flexibility index (Phi) is 3.32. The SMILES string of the molecule is Cc1ccc(/N=C/c2ccc(C#N)cc2)cc1. The molecular weight excluding hydrogens is 208 g/mol. The van der Waals surface area contributed by atoms with E-state index in [-0.39, 0.29) is 0 Å². The van der Waals surface area contributed by atoms with Gasteiger partial charge in [-0.25, -0.2) is 0 Å². The van der Waals surface area contributed by atoms with Crippen LogP contribution in [0.2, 0.25) is 0 Å². The van der Waals surface area contributed by atoms with Crippen molar-refractivity contribution in [2.24, 2.45) is 4.99 Å². The summed E-state index contributed by atoms with van der Waals surface area (Å²) in [6.45, 7) is 2.05. The smallest absolute Gasteiger partial charge is 0.0991 e. The molecule has 0 aliphatic rings. The van der Waals surface area contributed by atoms with Gasteiger partial charge < -0.3 is 0 Å². The molecule has 0 heterocycles. The Morgan fingerprint density at radius 3 is 2.24 bits per heavy atom. The zero-order valence-electron chi connectivity index (χ0n) is 9.59. The van der Waals surface area contributed by atoms with Crippen LogP contribution >= 0.6 is 0 Å². The second kappa shape index (κ2) is 5.09. The van der Waals surface area contributed by atoms with Crippen LogP contribution < -0.4 is 0 Å². The highest BCUT2D eigenvalue weighted by Gasteiger charge is 1.91. The van der Waals surface area contributed by atoms with E-state index in [1.54, 1.807) is 18.3 Å². The van der Waals surface area contributed by atoms with Crippen molar-refractivity contribution in [2.45, 2.75) is 6.92 Å². The maximum absolute atomic E-state index is 8.68. The van der Waals surface area contributed by atoms with Gasteiger partial charge in [-0.1, -0.05) is 29.8 Å². The average Bonchev–Trinajstić information content (AvgIpc) is 2.39. The van der Waals surface area contributed by atoms with E-state index in [0.717, 1.165) is 11.3 Å². The molecule has 0 N–H and O–H groups in total. The molecule has 0 bridgehead atoms. The first-order chi connectivity index (χ1) is 8.28. The first-order valence-corrected chi connectivity index (χ1v) is 5.39. The second-order valence-corrected chi connectivity index (χ2v) is 3.83. The monoisotopic (exact) mass is 220 g/mol. The molecule has 0 saturated carbocycles. The Balaban J connectivity index is 2.14. The van der Waals surface area contributed by atoms with Gasteiger partial charge in [0.25, 0.3) is 0 Å². The number of hydrogen-bond donors (Lipinski definition) is 0. The number of benzene rings is 2. The fraction of sp³-hybridized carbons (Fsp3) is 0.0667. The van der Waals surface area contributed by atoms with Gasteiger partial charge in [0, 0.05) is 6.21 Å². The molecule has 2 nitrogen and oxygen atoms in total. The van der Waals surface area contributed by atoms with Crippen molar-refractivity contribution in [3.05, 3.63) is 65.2 Å². The standard InChI is InChI=1S/C15H12N2/c1-12-2-8-15(9-3-12)17-11-14-6-4-13(10-16)5-7-14/h2-9,11H,1H3/b17-11+. The third-order valence-corrected chi connectivity index (χ3v) is 2.44. The van der Waals surface area contributed by atoms with E-state index in [0.29, 0.717) is 5.56 Å². The lowest BCUT2D eigenvalue weighted by molar-refractivity contribution is 1.44. The topological polar surface area (TPSA) is 36.1 Å². The molecule has 0 spiro atoms. The molecule has 0 aliphatic heterocycles. The van der Waals surface area contributed by atoms with Crippen molar-refractivity contribution in [2.75, 3.05) is 0 Å². The zero-order chi connectivity index (χ0) is 12.1. The lowest BCUT2D eigenvalue weighted by Crippen LogP contribution is -1.81. The average molecular weight is 220 g/mol. The molecule has 0 saturated heterocycles. The molecule has 2 aromatic rings. The van der Waals surface area contributed by atoms with Gasteiger partial charge in [0.15, 0.2) is 0 Å². The third-order valence-electron chi connectivity index (χ3n) is 2.44. The van der Waals surface area contributed by atoms with Gasteiger partial charge in [0.05, 0.1) is 17.3 Å². The van der Waals surface area contributed by atoms with Crippen molar-refractivity contribution in [1.29, 1.82) is 5.26 Å². The van der Waals surface area contributed by atoms with Crippen molar-refractivity contribution < 1.29 is 0 Å². The molecule has 0 aliphatic carbocycles. The Hall–Kier alpha value is -2.40. The molecule has 2 rings (SSSR count). The number of aliphatic imine (C=N–C) groups is 1. The van der Waals surface area contributed by atoms with Gasteiger partial charge in [-0.15, -0.1) is 0 Å². The summed E-state index contributed by atoms with van der Waals surface area (Å²) in [5.74, 6) is 0. The fourth-order valence-electron chi connectivity index (χ4n) is 1.42. The van der Waals surface area contributed by atoms with Gasteiger partial charge >= 0.3 is 0 Å². The van der Waals surface area contributed by atoms with Gasteiger partial charge in [-0.2, -0.15) is 5.26 Å². The van der Waals surface area contributed by atoms with E-state index in [4.69, 9.17) is 5.26 Å². The normalized spacial score (nSPS) is 10.4. The number of nitriles is 1. The van der Waals surface area contributed by atoms with Crippen LogP contribution in [0.15, 0.2) is 53.5 Å². The van der Waals surface area contributed by atoms with Crippen LogP contribution in [0.1, 0.15) is 16.7 Å². The Labute approximate surface area is 101 Å². The summed E-state index contributed by atoms with van der Waals surface area (Å²) < 4.78 is 0. The summed E-state index contributed by atoms with van der Waals surface area (Å²) in [7, 11) is 0. The van der Waals surface area contributed by atoms with Crippen LogP contribution in [0.5, 0.6) is 0 Å². The van der Waals surface area contributed by atoms with E-state index in [1.165, 1.54) is 5.56 Å². The minimum Gasteiger partial charge on any atom is -0.256 e. The Morgan fingerprint density at radius 1 is 1.00 bits per heavy atom. The summed E-state index contributed by atoms with van der Waals surface area (Å²) >= 11 is 0. The first kappa shape index (κ1) is 11.1. The molecule has 0 aromatic heterocycles. The van der Waals surface area contributed by atoms with Gasteiger partial charge in [-0.3, -0.25) is 4.99 Å². The largest absolute Gasteiger partial charge is 0.256 e. The van der Waals surface area contributed by atoms with E-state index < -0.39 is 0 Å². The van der Waals surface area contributed by atoms with Crippen molar-refractivity contribution in [3.63, 3.8) is 0 Å². The van der Waals surface area contributed by atoms with Crippen molar-refractivity contribution >= 4 is 11.9 Å². The minimum atomic E-state index is 0.664. The second-order valence-electron chi connectivity index (χ2n) is 3.83. The predicted octanol–water partition coefficient (Wildman–Crippen LogP) is 3.62. The van der Waals surface area contributed by atoms with Gasteiger partial charge in [0.2, 0.25) is 0 Å². The molecule has 2 aromatic carbocycles. The molecule has 2 heteroatoms. The number of rotatable bonds is 2. The number of nitrogens with zero attached hydrogens (tertiary/aromatic N) is 2. The lowest BCUT2D eigenvalue weighted by Gasteiger charge is -1.95. The van der Waals surface area contributed by atoms with Crippen LogP contribution in [-0.2, 0) is 0 Å². The molecule has 0 amide bonds. The molecule has 0 unspecified atom stereocenters. The molecule has 0 fully saturated rings. The van der Waals surface area contributed by atoms with E-state index >= 15 is 0 Å². The Bertz CT molecular complexity index is 557. The zero-order valence-corrected chi connectivity index (χ0v) is 9.59. The van der Waals surface area contributed by atoms with Gasteiger partial charge in [-0.05, 0) is 36.8 Å². The van der Waals surface area contributed by atoms with Gasteiger partial charge in [0.1, 0.15) is 0 Å². The Morgan fingerprint density at radius 2 is 1.65 bits per heavy atom. The summed E-state index contributed by atoms with van der Waals surface area (Å²) in [4.78, 5) is 4.37. The molecule has 82 valence electrons. The summed E-state index contributed by atoms with van der Waals surface area (Å²) in [5, 5.41) is 8.68. The van der Waals surface area contributed by atoms with E-state index in [1.807, 2.05) is 43.3 Å². The molecular formula is C15H12N2. The summed E-state index contributed by atoms with van der Waals surface area (Å²) in [5.41, 5.74) is 3.81. The summed E-state index contributed by atoms with van der Waals surface area (Å²) in [6.07, 6.45) is 1.80. The van der Waals surface area contributed by atoms with Crippen LogP contribution in [0.4, 0.5) is 5.69 Å². The van der Waals surface area contributed by atoms with Crippen molar-refractivity contribution in [1.82, 2.24) is 0 Å². The fourth-order valence-corrected chi connectivity index (χ4v) is 1.42. The van der Waals surface area contributed by atoms with Crippen LogP contribution in [-0.4, -0.2) is 6.21 Å². The molecule has 0 radical (unpaired) electrons. The van der Waals surface area contributed by atoms with Crippen LogP contribution in [0.25, 0.3) is 0 Å². The predicted molar refractivity (Wildman–Crippen MR) is 69.6 cm³/mol. The van der Waals surface area contributed by atoms with Crippen molar-refractivity contribution in [3.8, 4) is 6.07 Å². The van der Waals surface area contributed by atoms with E-state index in [2.05, 4.69) is 11.1 Å². The molecule has 0 atom stereocenters. The number of aryl methyl sites for hydroxylation is 1. The highest BCUT2D eigenvalue weighted by Crippen LogP contribution is 2.12. The number of hydrogen-bond acceptors (Lipinski definition) is 2. The van der Waals surface area contributed by atoms with Crippen LogP contribution in [0.3, 0.4) is 0 Å². The quantitative estimate of drug-likeness (QED) is 0.712. The molecule has 17 heavy (non-hydrogen) atoms. The maximum Gasteiger partial charge on any atom is 0.0991 e. The van der Waals surface area contributed by atoms with Crippen LogP contribution in [0, 0.1) is 18.3 Å². The highest BCUT2D eigenvalue weighted by molar-refractivity contribution is 5.82. The van der Waals surface area contributed by atoms with E-state index in [9.17, 15) is 0 Å². The first-order valence-electron chi connectivity index (χ1n) is 5.39. The third kappa shape index (κ3) is 3.02.